The van der Waals surface area contributed by atoms with Crippen LogP contribution in [0.15, 0.2) is 34.6 Å². The number of nitrogens with zero attached hydrogens (tertiary/aromatic N) is 2. The van der Waals surface area contributed by atoms with E-state index in [0.29, 0.717) is 18.7 Å². The zero-order valence-corrected chi connectivity index (χ0v) is 11.4. The van der Waals surface area contributed by atoms with E-state index in [0.717, 1.165) is 16.8 Å². The van der Waals surface area contributed by atoms with Crippen LogP contribution < -0.4 is 0 Å². The molecule has 0 fully saturated rings. The fourth-order valence-electron chi connectivity index (χ4n) is 1.96. The Morgan fingerprint density at radius 2 is 2.26 bits per heavy atom. The fourth-order valence-corrected chi connectivity index (χ4v) is 1.96. The van der Waals surface area contributed by atoms with E-state index in [9.17, 15) is 0 Å². The molecule has 102 valence electrons. The van der Waals surface area contributed by atoms with Crippen molar-refractivity contribution in [1.82, 2.24) is 0 Å². The molecule has 0 bridgehead atoms. The minimum atomic E-state index is -0.328. The molecule has 1 unspecified atom stereocenters. The molecule has 1 aliphatic rings. The van der Waals surface area contributed by atoms with Gasteiger partial charge in [-0.15, -0.1) is 0 Å². The molecule has 19 heavy (non-hydrogen) atoms. The van der Waals surface area contributed by atoms with Gasteiger partial charge in [0.1, 0.15) is 18.5 Å². The average Bonchev–Trinajstić information content (AvgIpc) is 2.86. The first-order chi connectivity index (χ1) is 9.26. The Kier molecular flexibility index (Phi) is 4.52. The maximum Gasteiger partial charge on any atom is 0.232 e. The van der Waals surface area contributed by atoms with Crippen LogP contribution in [0.4, 0.5) is 0 Å². The molecule has 1 aliphatic heterocycles. The number of aryl methyl sites for hydroxylation is 1. The van der Waals surface area contributed by atoms with Crippen molar-refractivity contribution in [2.45, 2.75) is 26.6 Å². The Balaban J connectivity index is 2.24. The Bertz CT molecular complexity index is 497. The molecule has 5 heteroatoms. The smallest absolute Gasteiger partial charge is 0.232 e. The Morgan fingerprint density at radius 1 is 1.47 bits per heavy atom. The number of oxime groups is 2. The zero-order valence-electron chi connectivity index (χ0n) is 11.4. The van der Waals surface area contributed by atoms with Crippen molar-refractivity contribution in [2.75, 3.05) is 13.7 Å². The van der Waals surface area contributed by atoms with Gasteiger partial charge < -0.3 is 14.4 Å². The van der Waals surface area contributed by atoms with Gasteiger partial charge in [-0.2, -0.15) is 0 Å². The lowest BCUT2D eigenvalue weighted by atomic mass is 9.99. The number of benzene rings is 1. The molecule has 2 rings (SSSR count). The molecule has 1 aromatic carbocycles. The lowest BCUT2D eigenvalue weighted by Gasteiger charge is -2.09. The van der Waals surface area contributed by atoms with Gasteiger partial charge in [-0.05, 0) is 19.4 Å². The molecule has 1 aromatic rings. The van der Waals surface area contributed by atoms with Crippen LogP contribution in [0.2, 0.25) is 0 Å². The molecule has 0 spiro atoms. The van der Waals surface area contributed by atoms with E-state index in [1.807, 2.05) is 38.1 Å². The highest BCUT2D eigenvalue weighted by Gasteiger charge is 2.26. The SMILES string of the molecule is CCOC1CC(C(=NOC)c2ccccc2C)=NO1. The van der Waals surface area contributed by atoms with E-state index in [1.165, 1.54) is 7.11 Å². The average molecular weight is 262 g/mol. The van der Waals surface area contributed by atoms with Gasteiger partial charge in [-0.1, -0.05) is 34.6 Å². The van der Waals surface area contributed by atoms with E-state index in [-0.39, 0.29) is 6.29 Å². The molecular formula is C14H18N2O3. The minimum Gasteiger partial charge on any atom is -0.399 e. The molecule has 0 radical (unpaired) electrons. The highest BCUT2D eigenvalue weighted by atomic mass is 16.8. The van der Waals surface area contributed by atoms with Crippen molar-refractivity contribution in [1.29, 1.82) is 0 Å². The first-order valence-electron chi connectivity index (χ1n) is 6.28. The summed E-state index contributed by atoms with van der Waals surface area (Å²) >= 11 is 0. The van der Waals surface area contributed by atoms with Crippen molar-refractivity contribution >= 4 is 11.4 Å². The molecule has 0 saturated carbocycles. The summed E-state index contributed by atoms with van der Waals surface area (Å²) in [4.78, 5) is 10.2. The zero-order chi connectivity index (χ0) is 13.7. The van der Waals surface area contributed by atoms with Gasteiger partial charge in [0, 0.05) is 12.2 Å². The summed E-state index contributed by atoms with van der Waals surface area (Å²) in [6, 6.07) is 7.96. The second-order valence-corrected chi connectivity index (χ2v) is 4.17. The van der Waals surface area contributed by atoms with E-state index in [1.54, 1.807) is 0 Å². The van der Waals surface area contributed by atoms with Gasteiger partial charge in [0.15, 0.2) is 0 Å². The Morgan fingerprint density at radius 3 is 2.95 bits per heavy atom. The molecule has 0 amide bonds. The van der Waals surface area contributed by atoms with Crippen LogP contribution in [-0.4, -0.2) is 31.4 Å². The number of rotatable bonds is 5. The fraction of sp³-hybridized carbons (Fsp3) is 0.429. The predicted molar refractivity (Wildman–Crippen MR) is 73.3 cm³/mol. The third-order valence-corrected chi connectivity index (χ3v) is 2.85. The van der Waals surface area contributed by atoms with E-state index in [4.69, 9.17) is 14.4 Å². The molecule has 1 atom stereocenters. The van der Waals surface area contributed by atoms with Gasteiger partial charge in [-0.25, -0.2) is 0 Å². The van der Waals surface area contributed by atoms with Crippen molar-refractivity contribution in [3.05, 3.63) is 35.4 Å². The summed E-state index contributed by atoms with van der Waals surface area (Å²) in [6.45, 7) is 4.54. The van der Waals surface area contributed by atoms with Crippen LogP contribution in [0.3, 0.4) is 0 Å². The van der Waals surface area contributed by atoms with Crippen molar-refractivity contribution < 1.29 is 14.4 Å². The van der Waals surface area contributed by atoms with Crippen LogP contribution in [0.1, 0.15) is 24.5 Å². The second-order valence-electron chi connectivity index (χ2n) is 4.17. The van der Waals surface area contributed by atoms with Crippen LogP contribution in [0, 0.1) is 6.92 Å². The maximum atomic E-state index is 5.39. The standard InChI is InChI=1S/C14H18N2O3/c1-4-18-13-9-12(15-19-13)14(16-17-3)11-8-6-5-7-10(11)2/h5-8,13H,4,9H2,1-3H3. The third kappa shape index (κ3) is 3.12. The lowest BCUT2D eigenvalue weighted by Crippen LogP contribution is -2.19. The van der Waals surface area contributed by atoms with Gasteiger partial charge in [0.2, 0.25) is 6.29 Å². The molecule has 0 N–H and O–H groups in total. The predicted octanol–water partition coefficient (Wildman–Crippen LogP) is 2.48. The highest BCUT2D eigenvalue weighted by Crippen LogP contribution is 2.18. The van der Waals surface area contributed by atoms with Crippen molar-refractivity contribution in [3.8, 4) is 0 Å². The van der Waals surface area contributed by atoms with E-state index in [2.05, 4.69) is 10.3 Å². The second kappa shape index (κ2) is 6.33. The Labute approximate surface area is 112 Å². The number of ether oxygens (including phenoxy) is 1. The Hall–Kier alpha value is -1.88. The summed E-state index contributed by atoms with van der Waals surface area (Å²) in [7, 11) is 1.52. The summed E-state index contributed by atoms with van der Waals surface area (Å²) in [5, 5.41) is 8.14. The highest BCUT2D eigenvalue weighted by molar-refractivity contribution is 6.48. The molecule has 0 aliphatic carbocycles. The summed E-state index contributed by atoms with van der Waals surface area (Å²) < 4.78 is 5.39. The van der Waals surface area contributed by atoms with E-state index >= 15 is 0 Å². The van der Waals surface area contributed by atoms with Crippen LogP contribution >= 0.6 is 0 Å². The van der Waals surface area contributed by atoms with E-state index < -0.39 is 0 Å². The topological polar surface area (TPSA) is 52.4 Å². The lowest BCUT2D eigenvalue weighted by molar-refractivity contribution is -0.120. The summed E-state index contributed by atoms with van der Waals surface area (Å²) in [5.41, 5.74) is 3.54. The number of hydrogen-bond donors (Lipinski definition) is 0. The third-order valence-electron chi connectivity index (χ3n) is 2.85. The maximum absolute atomic E-state index is 5.39. The van der Waals surface area contributed by atoms with Gasteiger partial charge in [0.25, 0.3) is 0 Å². The quantitative estimate of drug-likeness (QED) is 0.605. The first-order valence-corrected chi connectivity index (χ1v) is 6.28. The normalized spacial score (nSPS) is 19.0. The summed E-state index contributed by atoms with van der Waals surface area (Å²) in [5.74, 6) is 0. The van der Waals surface area contributed by atoms with Gasteiger partial charge in [-0.3, -0.25) is 0 Å². The van der Waals surface area contributed by atoms with Crippen molar-refractivity contribution in [3.63, 3.8) is 0 Å². The largest absolute Gasteiger partial charge is 0.399 e. The first kappa shape index (κ1) is 13.5. The van der Waals surface area contributed by atoms with Crippen LogP contribution in [-0.2, 0) is 14.4 Å². The molecule has 0 aromatic heterocycles. The molecule has 0 saturated heterocycles. The van der Waals surface area contributed by atoms with Crippen LogP contribution in [0.25, 0.3) is 0 Å². The van der Waals surface area contributed by atoms with Gasteiger partial charge in [0.05, 0.1) is 6.42 Å². The van der Waals surface area contributed by atoms with Crippen LogP contribution in [0.5, 0.6) is 0 Å². The molecular weight excluding hydrogens is 244 g/mol. The molecule has 1 heterocycles. The monoisotopic (exact) mass is 262 g/mol. The number of hydrogen-bond acceptors (Lipinski definition) is 5. The van der Waals surface area contributed by atoms with Gasteiger partial charge >= 0.3 is 0 Å². The minimum absolute atomic E-state index is 0.328. The molecule has 5 nitrogen and oxygen atoms in total. The van der Waals surface area contributed by atoms with Crippen molar-refractivity contribution in [2.24, 2.45) is 10.3 Å². The summed E-state index contributed by atoms with van der Waals surface area (Å²) in [6.07, 6.45) is 0.246.